The summed E-state index contributed by atoms with van der Waals surface area (Å²) in [5, 5.41) is 5.66. The third-order valence-corrected chi connectivity index (χ3v) is 3.56. The lowest BCUT2D eigenvalue weighted by molar-refractivity contribution is 0.0946. The van der Waals surface area contributed by atoms with E-state index in [2.05, 4.69) is 29.5 Å². The van der Waals surface area contributed by atoms with E-state index >= 15 is 0 Å². The van der Waals surface area contributed by atoms with Crippen molar-refractivity contribution in [3.05, 3.63) is 65.5 Å². The van der Waals surface area contributed by atoms with E-state index in [1.54, 1.807) is 6.07 Å². The van der Waals surface area contributed by atoms with E-state index in [1.165, 1.54) is 12.3 Å². The Labute approximate surface area is 142 Å². The van der Waals surface area contributed by atoms with E-state index in [0.29, 0.717) is 24.6 Å². The van der Waals surface area contributed by atoms with Crippen LogP contribution in [0, 0.1) is 5.92 Å². The lowest BCUT2D eigenvalue weighted by Gasteiger charge is -2.08. The third-order valence-electron chi connectivity index (χ3n) is 3.56. The first-order chi connectivity index (χ1) is 11.6. The number of rotatable bonds is 7. The number of hydrogen-bond acceptors (Lipinski definition) is 3. The molecule has 0 unspecified atom stereocenters. The number of pyridine rings is 1. The summed E-state index contributed by atoms with van der Waals surface area (Å²) in [6, 6.07) is 12.8. The van der Waals surface area contributed by atoms with Gasteiger partial charge in [0, 0.05) is 24.8 Å². The van der Waals surface area contributed by atoms with Gasteiger partial charge in [-0.2, -0.15) is 0 Å². The number of carbonyl (C=O) groups is 2. The molecule has 0 saturated heterocycles. The molecule has 2 N–H and O–H groups in total. The monoisotopic (exact) mass is 325 g/mol. The first-order valence-electron chi connectivity index (χ1n) is 8.12. The summed E-state index contributed by atoms with van der Waals surface area (Å²) in [5.74, 6) is 0.0490. The fourth-order valence-electron chi connectivity index (χ4n) is 2.14. The van der Waals surface area contributed by atoms with Crippen LogP contribution in [0.2, 0.25) is 0 Å². The molecule has 2 rings (SSSR count). The van der Waals surface area contributed by atoms with E-state index < -0.39 is 0 Å². The smallest absolute Gasteiger partial charge is 0.270 e. The number of carbonyl (C=O) groups excluding carboxylic acids is 2. The molecule has 0 aliphatic carbocycles. The maximum atomic E-state index is 12.2. The summed E-state index contributed by atoms with van der Waals surface area (Å²) in [6.07, 6.45) is 2.40. The van der Waals surface area contributed by atoms with Gasteiger partial charge in [-0.1, -0.05) is 44.2 Å². The molecule has 24 heavy (non-hydrogen) atoms. The van der Waals surface area contributed by atoms with Gasteiger partial charge in [-0.3, -0.25) is 14.6 Å². The van der Waals surface area contributed by atoms with Gasteiger partial charge in [0.25, 0.3) is 11.8 Å². The van der Waals surface area contributed by atoms with Crippen molar-refractivity contribution < 1.29 is 9.59 Å². The number of benzene rings is 1. The Morgan fingerprint density at radius 3 is 2.50 bits per heavy atom. The van der Waals surface area contributed by atoms with Crippen LogP contribution in [-0.4, -0.2) is 23.3 Å². The average Bonchev–Trinajstić information content (AvgIpc) is 2.60. The predicted octanol–water partition coefficient (Wildman–Crippen LogP) is 2.79. The fourth-order valence-corrected chi connectivity index (χ4v) is 2.14. The Hall–Kier alpha value is -2.69. The van der Waals surface area contributed by atoms with Gasteiger partial charge >= 0.3 is 0 Å². The molecule has 0 aliphatic heterocycles. The molecule has 0 aliphatic rings. The molecule has 0 bridgehead atoms. The zero-order valence-electron chi connectivity index (χ0n) is 14.1. The van der Waals surface area contributed by atoms with Crippen LogP contribution in [-0.2, 0) is 6.54 Å². The number of nitrogens with one attached hydrogen (secondary N) is 2. The predicted molar refractivity (Wildman–Crippen MR) is 93.6 cm³/mol. The largest absolute Gasteiger partial charge is 0.352 e. The highest BCUT2D eigenvalue weighted by Gasteiger charge is 2.11. The van der Waals surface area contributed by atoms with Gasteiger partial charge < -0.3 is 10.6 Å². The van der Waals surface area contributed by atoms with Crippen LogP contribution < -0.4 is 10.6 Å². The molecule has 1 aromatic carbocycles. The number of hydrogen-bond donors (Lipinski definition) is 2. The van der Waals surface area contributed by atoms with Gasteiger partial charge in [0.05, 0.1) is 0 Å². The highest BCUT2D eigenvalue weighted by atomic mass is 16.2. The van der Waals surface area contributed by atoms with Gasteiger partial charge in [-0.25, -0.2) is 0 Å². The van der Waals surface area contributed by atoms with E-state index in [1.807, 2.05) is 30.3 Å². The first kappa shape index (κ1) is 17.7. The van der Waals surface area contributed by atoms with Crippen LogP contribution >= 0.6 is 0 Å². The van der Waals surface area contributed by atoms with Crippen LogP contribution in [0.15, 0.2) is 48.7 Å². The minimum atomic E-state index is -0.296. The molecule has 2 aromatic rings. The first-order valence-corrected chi connectivity index (χ1v) is 8.12. The Bertz CT molecular complexity index is 684. The van der Waals surface area contributed by atoms with Gasteiger partial charge in [0.15, 0.2) is 0 Å². The molecule has 5 heteroatoms. The number of nitrogens with zero attached hydrogens (tertiary/aromatic N) is 1. The molecule has 5 nitrogen and oxygen atoms in total. The highest BCUT2D eigenvalue weighted by molar-refractivity contribution is 5.98. The fraction of sp³-hybridized carbons (Fsp3) is 0.316. The number of aromatic nitrogens is 1. The molecule has 0 atom stereocenters. The zero-order valence-corrected chi connectivity index (χ0v) is 14.1. The van der Waals surface area contributed by atoms with Crippen LogP contribution in [0.3, 0.4) is 0 Å². The maximum Gasteiger partial charge on any atom is 0.270 e. The van der Waals surface area contributed by atoms with Crippen molar-refractivity contribution in [2.45, 2.75) is 26.8 Å². The summed E-state index contributed by atoms with van der Waals surface area (Å²) in [7, 11) is 0. The average molecular weight is 325 g/mol. The van der Waals surface area contributed by atoms with E-state index in [9.17, 15) is 9.59 Å². The van der Waals surface area contributed by atoms with Gasteiger partial charge in [-0.15, -0.1) is 0 Å². The Balaban J connectivity index is 1.93. The normalized spacial score (nSPS) is 10.5. The summed E-state index contributed by atoms with van der Waals surface area (Å²) >= 11 is 0. The minimum absolute atomic E-state index is 0.185. The Kier molecular flexibility index (Phi) is 6.49. The van der Waals surface area contributed by atoms with Gasteiger partial charge in [0.2, 0.25) is 0 Å². The minimum Gasteiger partial charge on any atom is -0.352 e. The standard InChI is InChI=1S/C19H23N3O2/c1-14(2)8-10-21-18(23)16-9-11-20-17(12-16)19(24)22-13-15-6-4-3-5-7-15/h3-7,9,11-12,14H,8,10,13H2,1-2H3,(H,21,23)(H,22,24). The molecule has 1 heterocycles. The molecule has 0 spiro atoms. The van der Waals surface area contributed by atoms with Crippen LogP contribution in [0.1, 0.15) is 46.7 Å². The third kappa shape index (κ3) is 5.50. The molecule has 0 saturated carbocycles. The topological polar surface area (TPSA) is 71.1 Å². The molecule has 1 aromatic heterocycles. The molecule has 0 fully saturated rings. The van der Waals surface area contributed by atoms with Gasteiger partial charge in [-0.05, 0) is 30.0 Å². The summed E-state index contributed by atoms with van der Waals surface area (Å²) < 4.78 is 0. The van der Waals surface area contributed by atoms with Crippen LogP contribution in [0.25, 0.3) is 0 Å². The summed E-state index contributed by atoms with van der Waals surface area (Å²) in [5.41, 5.74) is 1.69. The van der Waals surface area contributed by atoms with Crippen LogP contribution in [0.5, 0.6) is 0 Å². The highest BCUT2D eigenvalue weighted by Crippen LogP contribution is 2.04. The molecule has 0 radical (unpaired) electrons. The van der Waals surface area contributed by atoms with Crippen molar-refractivity contribution >= 4 is 11.8 Å². The van der Waals surface area contributed by atoms with Gasteiger partial charge in [0.1, 0.15) is 5.69 Å². The molecule has 126 valence electrons. The number of amides is 2. The zero-order chi connectivity index (χ0) is 17.4. The second-order valence-corrected chi connectivity index (χ2v) is 6.04. The molecule has 2 amide bonds. The second-order valence-electron chi connectivity index (χ2n) is 6.04. The lowest BCUT2D eigenvalue weighted by Crippen LogP contribution is -2.27. The van der Waals surface area contributed by atoms with E-state index in [0.717, 1.165) is 12.0 Å². The summed E-state index contributed by atoms with van der Waals surface area (Å²) in [6.45, 7) is 5.25. The molecular weight excluding hydrogens is 302 g/mol. The van der Waals surface area contributed by atoms with E-state index in [4.69, 9.17) is 0 Å². The Morgan fingerprint density at radius 2 is 1.79 bits per heavy atom. The van der Waals surface area contributed by atoms with Crippen molar-refractivity contribution in [3.8, 4) is 0 Å². The van der Waals surface area contributed by atoms with E-state index in [-0.39, 0.29) is 17.5 Å². The van der Waals surface area contributed by atoms with Crippen LogP contribution in [0.4, 0.5) is 0 Å². The van der Waals surface area contributed by atoms with Crippen molar-refractivity contribution in [3.63, 3.8) is 0 Å². The van der Waals surface area contributed by atoms with Crippen molar-refractivity contribution in [1.82, 2.24) is 15.6 Å². The summed E-state index contributed by atoms with van der Waals surface area (Å²) in [4.78, 5) is 28.4. The molecular formula is C19H23N3O2. The maximum absolute atomic E-state index is 12.2. The SMILES string of the molecule is CC(C)CCNC(=O)c1ccnc(C(=O)NCc2ccccc2)c1. The van der Waals surface area contributed by atoms with Crippen molar-refractivity contribution in [2.24, 2.45) is 5.92 Å². The van der Waals surface area contributed by atoms with Crippen molar-refractivity contribution in [2.75, 3.05) is 6.54 Å². The second kappa shape index (κ2) is 8.82. The van der Waals surface area contributed by atoms with Crippen molar-refractivity contribution in [1.29, 1.82) is 0 Å². The lowest BCUT2D eigenvalue weighted by atomic mass is 10.1. The quantitative estimate of drug-likeness (QED) is 0.822. The Morgan fingerprint density at radius 1 is 1.04 bits per heavy atom.